The highest BCUT2D eigenvalue weighted by Gasteiger charge is 2.32. The van der Waals surface area contributed by atoms with E-state index in [1.165, 1.54) is 0 Å². The number of hydrogen-bond donors (Lipinski definition) is 2. The van der Waals surface area contributed by atoms with Crippen molar-refractivity contribution < 1.29 is 14.7 Å². The van der Waals surface area contributed by atoms with E-state index in [2.05, 4.69) is 10.3 Å². The molecule has 0 aliphatic heterocycles. The van der Waals surface area contributed by atoms with Gasteiger partial charge in [-0.15, -0.1) is 0 Å². The molecule has 0 fully saturated rings. The standard InChI is InChI=1S/C14H20N2O3/c1-4-6-11(12(17)18)16-13(19)14(2,3)10-7-5-8-15-9-10/h5,7-9,11H,4,6H2,1-3H3,(H,16,19)(H,17,18). The van der Waals surface area contributed by atoms with Gasteiger partial charge in [-0.1, -0.05) is 19.4 Å². The molecule has 1 atom stereocenters. The second-order valence-corrected chi connectivity index (χ2v) is 5.02. The summed E-state index contributed by atoms with van der Waals surface area (Å²) in [4.78, 5) is 27.3. The normalized spacial score (nSPS) is 12.8. The fraction of sp³-hybridized carbons (Fsp3) is 0.500. The average molecular weight is 264 g/mol. The van der Waals surface area contributed by atoms with E-state index >= 15 is 0 Å². The number of hydrogen-bond acceptors (Lipinski definition) is 3. The smallest absolute Gasteiger partial charge is 0.326 e. The highest BCUT2D eigenvalue weighted by molar-refractivity contribution is 5.90. The number of carboxylic acids is 1. The molecule has 1 aromatic rings. The molecule has 0 aromatic carbocycles. The highest BCUT2D eigenvalue weighted by Crippen LogP contribution is 2.22. The largest absolute Gasteiger partial charge is 0.480 e. The maximum atomic E-state index is 12.3. The summed E-state index contributed by atoms with van der Waals surface area (Å²) in [5, 5.41) is 11.7. The Morgan fingerprint density at radius 3 is 2.63 bits per heavy atom. The number of amides is 1. The number of carbonyl (C=O) groups excluding carboxylic acids is 1. The maximum Gasteiger partial charge on any atom is 0.326 e. The second-order valence-electron chi connectivity index (χ2n) is 5.02. The lowest BCUT2D eigenvalue weighted by Gasteiger charge is -2.26. The lowest BCUT2D eigenvalue weighted by molar-refractivity contribution is -0.142. The molecule has 1 rings (SSSR count). The van der Waals surface area contributed by atoms with Crippen molar-refractivity contribution >= 4 is 11.9 Å². The summed E-state index contributed by atoms with van der Waals surface area (Å²) in [6, 6.07) is 2.72. The number of carboxylic acid groups (broad SMARTS) is 1. The van der Waals surface area contributed by atoms with Crippen LogP contribution in [0.3, 0.4) is 0 Å². The predicted octanol–water partition coefficient (Wildman–Crippen LogP) is 1.73. The van der Waals surface area contributed by atoms with E-state index in [0.717, 1.165) is 5.56 Å². The van der Waals surface area contributed by atoms with Crippen LogP contribution in [0.5, 0.6) is 0 Å². The first-order chi connectivity index (χ1) is 8.89. The Labute approximate surface area is 113 Å². The Morgan fingerprint density at radius 1 is 1.47 bits per heavy atom. The molecule has 1 amide bonds. The lowest BCUT2D eigenvalue weighted by atomic mass is 9.84. The SMILES string of the molecule is CCCC(NC(=O)C(C)(C)c1cccnc1)C(=O)O. The van der Waals surface area contributed by atoms with E-state index < -0.39 is 17.4 Å². The van der Waals surface area contributed by atoms with Gasteiger partial charge in [0.15, 0.2) is 0 Å². The van der Waals surface area contributed by atoms with Gasteiger partial charge in [0.2, 0.25) is 5.91 Å². The third-order valence-corrected chi connectivity index (χ3v) is 3.13. The molecule has 5 nitrogen and oxygen atoms in total. The summed E-state index contributed by atoms with van der Waals surface area (Å²) in [6.07, 6.45) is 4.37. The van der Waals surface area contributed by atoms with Gasteiger partial charge in [0.1, 0.15) is 6.04 Å². The van der Waals surface area contributed by atoms with E-state index in [1.54, 1.807) is 32.3 Å². The molecular formula is C14H20N2O3. The summed E-state index contributed by atoms with van der Waals surface area (Å²) >= 11 is 0. The number of aromatic nitrogens is 1. The van der Waals surface area contributed by atoms with Gasteiger partial charge < -0.3 is 10.4 Å². The molecule has 0 radical (unpaired) electrons. The van der Waals surface area contributed by atoms with Crippen LogP contribution in [0.4, 0.5) is 0 Å². The van der Waals surface area contributed by atoms with Crippen molar-refractivity contribution in [1.82, 2.24) is 10.3 Å². The predicted molar refractivity (Wildman–Crippen MR) is 71.7 cm³/mol. The van der Waals surface area contributed by atoms with Crippen molar-refractivity contribution in [3.05, 3.63) is 30.1 Å². The summed E-state index contributed by atoms with van der Waals surface area (Å²) in [7, 11) is 0. The summed E-state index contributed by atoms with van der Waals surface area (Å²) in [5.74, 6) is -1.31. The zero-order chi connectivity index (χ0) is 14.5. The Bertz CT molecular complexity index is 443. The fourth-order valence-electron chi connectivity index (χ4n) is 1.75. The van der Waals surface area contributed by atoms with Crippen molar-refractivity contribution in [3.63, 3.8) is 0 Å². The van der Waals surface area contributed by atoms with Crippen LogP contribution in [-0.2, 0) is 15.0 Å². The van der Waals surface area contributed by atoms with E-state index in [1.807, 2.05) is 13.0 Å². The van der Waals surface area contributed by atoms with Crippen molar-refractivity contribution in [2.24, 2.45) is 0 Å². The molecule has 1 unspecified atom stereocenters. The van der Waals surface area contributed by atoms with Crippen LogP contribution in [0.25, 0.3) is 0 Å². The monoisotopic (exact) mass is 264 g/mol. The minimum Gasteiger partial charge on any atom is -0.480 e. The second kappa shape index (κ2) is 6.31. The molecule has 0 spiro atoms. The van der Waals surface area contributed by atoms with Gasteiger partial charge in [-0.25, -0.2) is 4.79 Å². The van der Waals surface area contributed by atoms with Gasteiger partial charge in [0.05, 0.1) is 5.41 Å². The zero-order valence-corrected chi connectivity index (χ0v) is 11.5. The van der Waals surface area contributed by atoms with Crippen LogP contribution in [0.15, 0.2) is 24.5 Å². The Kier molecular flexibility index (Phi) is 5.03. The van der Waals surface area contributed by atoms with Crippen molar-refractivity contribution in [1.29, 1.82) is 0 Å². The van der Waals surface area contributed by atoms with Crippen LogP contribution < -0.4 is 5.32 Å². The minimum absolute atomic E-state index is 0.304. The first kappa shape index (κ1) is 15.1. The summed E-state index contributed by atoms with van der Waals surface area (Å²) in [5.41, 5.74) is -0.0523. The number of carbonyl (C=O) groups is 2. The molecule has 104 valence electrons. The molecule has 0 aliphatic rings. The molecule has 19 heavy (non-hydrogen) atoms. The van der Waals surface area contributed by atoms with Crippen molar-refractivity contribution in [2.75, 3.05) is 0 Å². The highest BCUT2D eigenvalue weighted by atomic mass is 16.4. The number of nitrogens with one attached hydrogen (secondary N) is 1. The molecule has 1 heterocycles. The van der Waals surface area contributed by atoms with E-state index in [0.29, 0.717) is 12.8 Å². The maximum absolute atomic E-state index is 12.3. The molecule has 0 saturated carbocycles. The number of aliphatic carboxylic acids is 1. The Balaban J connectivity index is 2.84. The molecule has 0 bridgehead atoms. The molecule has 5 heteroatoms. The van der Waals surface area contributed by atoms with Gasteiger partial charge in [-0.2, -0.15) is 0 Å². The summed E-state index contributed by atoms with van der Waals surface area (Å²) < 4.78 is 0. The molecule has 0 saturated heterocycles. The fourth-order valence-corrected chi connectivity index (χ4v) is 1.75. The van der Waals surface area contributed by atoms with Crippen LogP contribution in [0.2, 0.25) is 0 Å². The van der Waals surface area contributed by atoms with Crippen molar-refractivity contribution in [2.45, 2.75) is 45.1 Å². The average Bonchev–Trinajstić information content (AvgIpc) is 2.38. The van der Waals surface area contributed by atoms with E-state index in [-0.39, 0.29) is 5.91 Å². The molecule has 0 aliphatic carbocycles. The summed E-state index contributed by atoms with van der Waals surface area (Å²) in [6.45, 7) is 5.39. The molecule has 1 aromatic heterocycles. The first-order valence-corrected chi connectivity index (χ1v) is 6.33. The van der Waals surface area contributed by atoms with E-state index in [4.69, 9.17) is 5.11 Å². The topological polar surface area (TPSA) is 79.3 Å². The van der Waals surface area contributed by atoms with Gasteiger partial charge in [0, 0.05) is 12.4 Å². The third kappa shape index (κ3) is 3.77. The van der Waals surface area contributed by atoms with Gasteiger partial charge in [-0.3, -0.25) is 9.78 Å². The van der Waals surface area contributed by atoms with Crippen LogP contribution >= 0.6 is 0 Å². The number of pyridine rings is 1. The molecular weight excluding hydrogens is 244 g/mol. The van der Waals surface area contributed by atoms with Crippen LogP contribution in [-0.4, -0.2) is 28.0 Å². The molecule has 2 N–H and O–H groups in total. The van der Waals surface area contributed by atoms with E-state index in [9.17, 15) is 9.59 Å². The van der Waals surface area contributed by atoms with Gasteiger partial charge in [0.25, 0.3) is 0 Å². The first-order valence-electron chi connectivity index (χ1n) is 6.33. The lowest BCUT2D eigenvalue weighted by Crippen LogP contribution is -2.48. The van der Waals surface area contributed by atoms with Crippen LogP contribution in [0.1, 0.15) is 39.2 Å². The van der Waals surface area contributed by atoms with Crippen LogP contribution in [0, 0.1) is 0 Å². The quantitative estimate of drug-likeness (QED) is 0.820. The number of rotatable bonds is 6. The number of nitrogens with zero attached hydrogens (tertiary/aromatic N) is 1. The Hall–Kier alpha value is -1.91. The van der Waals surface area contributed by atoms with Gasteiger partial charge >= 0.3 is 5.97 Å². The Morgan fingerprint density at radius 2 is 2.16 bits per heavy atom. The minimum atomic E-state index is -1.00. The van der Waals surface area contributed by atoms with Crippen molar-refractivity contribution in [3.8, 4) is 0 Å². The van der Waals surface area contributed by atoms with Gasteiger partial charge in [-0.05, 0) is 31.9 Å². The zero-order valence-electron chi connectivity index (χ0n) is 11.5. The third-order valence-electron chi connectivity index (χ3n) is 3.13.